The van der Waals surface area contributed by atoms with Crippen LogP contribution in [0.1, 0.15) is 70.2 Å². The van der Waals surface area contributed by atoms with Gasteiger partial charge in [0.05, 0.1) is 23.6 Å². The van der Waals surface area contributed by atoms with Crippen molar-refractivity contribution in [3.05, 3.63) is 99.2 Å². The molecule has 0 bridgehead atoms. The van der Waals surface area contributed by atoms with E-state index in [-0.39, 0.29) is 5.41 Å². The van der Waals surface area contributed by atoms with Crippen LogP contribution in [0.4, 0.5) is 5.69 Å². The highest BCUT2D eigenvalue weighted by molar-refractivity contribution is 5.94. The number of hydrogen-bond donors (Lipinski definition) is 1. The molecular weight excluding hydrogens is 456 g/mol. The van der Waals surface area contributed by atoms with E-state index in [1.165, 1.54) is 33.5 Å². The van der Waals surface area contributed by atoms with Gasteiger partial charge in [-0.2, -0.15) is 5.10 Å². The number of para-hydroxylation sites is 1. The number of benzene rings is 3. The van der Waals surface area contributed by atoms with Crippen LogP contribution in [0, 0.1) is 27.7 Å². The number of anilines is 1. The molecule has 5 heteroatoms. The van der Waals surface area contributed by atoms with Crippen molar-refractivity contribution in [2.75, 3.05) is 4.90 Å². The summed E-state index contributed by atoms with van der Waals surface area (Å²) in [6.45, 7) is 16.8. The maximum Gasteiger partial charge on any atom is 0.248 e. The Labute approximate surface area is 219 Å². The van der Waals surface area contributed by atoms with E-state index in [4.69, 9.17) is 10.8 Å². The Hall–Kier alpha value is -3.86. The van der Waals surface area contributed by atoms with Crippen molar-refractivity contribution in [2.45, 2.75) is 67.0 Å². The van der Waals surface area contributed by atoms with Crippen molar-refractivity contribution in [1.29, 1.82) is 0 Å². The molecular formula is C32H36N4O. The van der Waals surface area contributed by atoms with Gasteiger partial charge in [-0.05, 0) is 79.1 Å². The smallest absolute Gasteiger partial charge is 0.248 e. The Kier molecular flexibility index (Phi) is 5.98. The van der Waals surface area contributed by atoms with E-state index in [2.05, 4.69) is 87.5 Å². The van der Waals surface area contributed by atoms with Crippen LogP contribution in [0.3, 0.4) is 0 Å². The predicted molar refractivity (Wildman–Crippen MR) is 151 cm³/mol. The van der Waals surface area contributed by atoms with E-state index in [0.717, 1.165) is 41.3 Å². The molecule has 0 radical (unpaired) electrons. The van der Waals surface area contributed by atoms with E-state index in [1.54, 1.807) is 0 Å². The molecule has 190 valence electrons. The highest BCUT2D eigenvalue weighted by Gasteiger charge is 2.31. The van der Waals surface area contributed by atoms with Crippen LogP contribution in [0.2, 0.25) is 0 Å². The summed E-state index contributed by atoms with van der Waals surface area (Å²) < 4.78 is 2.12. The van der Waals surface area contributed by atoms with Crippen LogP contribution in [0.5, 0.6) is 0 Å². The summed E-state index contributed by atoms with van der Waals surface area (Å²) in [7, 11) is 0. The van der Waals surface area contributed by atoms with Crippen LogP contribution in [0.15, 0.2) is 54.6 Å². The number of primary amides is 1. The minimum Gasteiger partial charge on any atom is -0.366 e. The summed E-state index contributed by atoms with van der Waals surface area (Å²) in [6.07, 6.45) is 0. The summed E-state index contributed by atoms with van der Waals surface area (Å²) in [5.41, 5.74) is 19.0. The van der Waals surface area contributed by atoms with Gasteiger partial charge in [0.15, 0.2) is 0 Å². The summed E-state index contributed by atoms with van der Waals surface area (Å²) in [6, 6.07) is 18.9. The van der Waals surface area contributed by atoms with Crippen LogP contribution < -0.4 is 10.6 Å². The highest BCUT2D eigenvalue weighted by atomic mass is 16.1. The fourth-order valence-corrected chi connectivity index (χ4v) is 5.46. The number of aryl methyl sites for hydroxylation is 4. The van der Waals surface area contributed by atoms with E-state index in [1.807, 2.05) is 25.1 Å². The lowest BCUT2D eigenvalue weighted by molar-refractivity contribution is 0.1000. The van der Waals surface area contributed by atoms with Gasteiger partial charge in [0.2, 0.25) is 5.91 Å². The average molecular weight is 493 g/mol. The Balaban J connectivity index is 1.68. The molecule has 0 atom stereocenters. The molecule has 5 nitrogen and oxygen atoms in total. The molecule has 5 rings (SSSR count). The maximum absolute atomic E-state index is 11.8. The molecule has 1 aliphatic rings. The predicted octanol–water partition coefficient (Wildman–Crippen LogP) is 6.69. The molecule has 1 amide bonds. The molecule has 0 spiro atoms. The number of carbonyl (C=O) groups excluding carboxylic acids is 1. The van der Waals surface area contributed by atoms with Crippen molar-refractivity contribution in [1.82, 2.24) is 9.78 Å². The number of nitrogens with zero attached hydrogens (tertiary/aromatic N) is 3. The minimum atomic E-state index is -0.413. The lowest BCUT2D eigenvalue weighted by atomic mass is 9.86. The number of fused-ring (bicyclic) bond motifs is 1. The number of nitrogens with two attached hydrogens (primary N) is 1. The highest BCUT2D eigenvalue weighted by Crippen LogP contribution is 2.40. The number of amides is 1. The first-order valence-corrected chi connectivity index (χ1v) is 12.9. The van der Waals surface area contributed by atoms with E-state index in [0.29, 0.717) is 5.56 Å². The molecule has 0 fully saturated rings. The molecule has 3 aromatic carbocycles. The Morgan fingerprint density at radius 1 is 0.865 bits per heavy atom. The molecule has 0 saturated heterocycles. The Morgan fingerprint density at radius 3 is 2.19 bits per heavy atom. The average Bonchev–Trinajstić information content (AvgIpc) is 3.36. The third-order valence-corrected chi connectivity index (χ3v) is 7.59. The Morgan fingerprint density at radius 2 is 1.57 bits per heavy atom. The van der Waals surface area contributed by atoms with Gasteiger partial charge in [0.25, 0.3) is 0 Å². The van der Waals surface area contributed by atoms with Gasteiger partial charge in [-0.15, -0.1) is 0 Å². The summed E-state index contributed by atoms with van der Waals surface area (Å²) in [5.74, 6) is -0.413. The molecule has 37 heavy (non-hydrogen) atoms. The third-order valence-electron chi connectivity index (χ3n) is 7.59. The van der Waals surface area contributed by atoms with E-state index >= 15 is 0 Å². The quantitative estimate of drug-likeness (QED) is 0.345. The number of carbonyl (C=O) groups is 1. The zero-order valence-electron chi connectivity index (χ0n) is 22.9. The second kappa shape index (κ2) is 8.91. The van der Waals surface area contributed by atoms with Crippen molar-refractivity contribution in [3.8, 4) is 16.9 Å². The standard InChI is InChI=1S/C32H36N4O/c1-19-11-13-24(32(5,6)7)16-28(19)35-17-26-27(18-35)34-36(29-20(2)9-8-10-21(29)3)30(26)25-14-12-23(31(33)37)15-22(25)4/h8-16H,17-18H2,1-7H3,(H2,33,37). The van der Waals surface area contributed by atoms with E-state index in [9.17, 15) is 4.79 Å². The monoisotopic (exact) mass is 492 g/mol. The van der Waals surface area contributed by atoms with Crippen molar-refractivity contribution >= 4 is 11.6 Å². The first kappa shape index (κ1) is 24.8. The van der Waals surface area contributed by atoms with Crippen molar-refractivity contribution in [2.24, 2.45) is 5.73 Å². The second-order valence-electron chi connectivity index (χ2n) is 11.4. The summed E-state index contributed by atoms with van der Waals surface area (Å²) >= 11 is 0. The largest absolute Gasteiger partial charge is 0.366 e. The summed E-state index contributed by atoms with van der Waals surface area (Å²) in [4.78, 5) is 14.3. The fraction of sp³-hybridized carbons (Fsp3) is 0.312. The molecule has 1 aromatic heterocycles. The number of rotatable bonds is 4. The topological polar surface area (TPSA) is 64.2 Å². The minimum absolute atomic E-state index is 0.0818. The van der Waals surface area contributed by atoms with Gasteiger partial charge in [0, 0.05) is 28.9 Å². The van der Waals surface area contributed by atoms with Gasteiger partial charge >= 0.3 is 0 Å². The normalized spacial score (nSPS) is 13.2. The van der Waals surface area contributed by atoms with Crippen LogP contribution in [0.25, 0.3) is 16.9 Å². The molecule has 0 aliphatic carbocycles. The molecule has 1 aliphatic heterocycles. The van der Waals surface area contributed by atoms with E-state index < -0.39 is 5.91 Å². The first-order chi connectivity index (χ1) is 17.5. The first-order valence-electron chi connectivity index (χ1n) is 12.9. The molecule has 0 unspecified atom stereocenters. The lowest BCUT2D eigenvalue weighted by Gasteiger charge is -2.26. The van der Waals surface area contributed by atoms with Crippen molar-refractivity contribution in [3.63, 3.8) is 0 Å². The molecule has 4 aromatic rings. The van der Waals surface area contributed by atoms with Gasteiger partial charge in [-0.3, -0.25) is 4.79 Å². The van der Waals surface area contributed by atoms with Crippen LogP contribution in [-0.4, -0.2) is 15.7 Å². The number of aromatic nitrogens is 2. The van der Waals surface area contributed by atoms with Gasteiger partial charge in [-0.1, -0.05) is 57.2 Å². The SMILES string of the molecule is Cc1cc(C(N)=O)ccc1-c1c2c(nn1-c1c(C)cccc1C)CN(c1cc(C(C)(C)C)ccc1C)C2. The summed E-state index contributed by atoms with van der Waals surface area (Å²) in [5, 5.41) is 5.22. The third kappa shape index (κ3) is 4.33. The van der Waals surface area contributed by atoms with Crippen molar-refractivity contribution < 1.29 is 4.79 Å². The van der Waals surface area contributed by atoms with Crippen LogP contribution >= 0.6 is 0 Å². The lowest BCUT2D eigenvalue weighted by Crippen LogP contribution is -2.20. The molecule has 2 heterocycles. The molecule has 0 saturated carbocycles. The van der Waals surface area contributed by atoms with Gasteiger partial charge in [0.1, 0.15) is 0 Å². The second-order valence-corrected chi connectivity index (χ2v) is 11.4. The van der Waals surface area contributed by atoms with Gasteiger partial charge < -0.3 is 10.6 Å². The number of hydrogen-bond acceptors (Lipinski definition) is 3. The zero-order valence-corrected chi connectivity index (χ0v) is 22.9. The fourth-order valence-electron chi connectivity index (χ4n) is 5.46. The van der Waals surface area contributed by atoms with Crippen LogP contribution in [-0.2, 0) is 18.5 Å². The maximum atomic E-state index is 11.8. The molecule has 2 N–H and O–H groups in total. The van der Waals surface area contributed by atoms with Gasteiger partial charge in [-0.25, -0.2) is 4.68 Å². The Bertz CT molecular complexity index is 1520. The zero-order chi connectivity index (χ0) is 26.6.